The molecule has 9 heteroatoms. The maximum Gasteiger partial charge on any atom is 0.519 e. The fourth-order valence-electron chi connectivity index (χ4n) is 1.86. The Morgan fingerprint density at radius 3 is 2.48 bits per heavy atom. The Morgan fingerprint density at radius 1 is 1.22 bits per heavy atom. The molecule has 1 aliphatic heterocycles. The second-order valence-electron chi connectivity index (χ2n) is 4.81. The highest BCUT2D eigenvalue weighted by molar-refractivity contribution is 5.91. The van der Waals surface area contributed by atoms with Crippen molar-refractivity contribution in [3.63, 3.8) is 0 Å². The first-order valence-electron chi connectivity index (χ1n) is 6.84. The largest absolute Gasteiger partial charge is 0.519 e. The Balaban J connectivity index is 1.70. The second kappa shape index (κ2) is 7.43. The van der Waals surface area contributed by atoms with Crippen LogP contribution in [0.25, 0.3) is 0 Å². The smallest absolute Gasteiger partial charge is 0.460 e. The number of hydrogen-bond donors (Lipinski definition) is 1. The zero-order valence-electron chi connectivity index (χ0n) is 12.3. The molecule has 1 aliphatic rings. The van der Waals surface area contributed by atoms with Crippen LogP contribution in [-0.4, -0.2) is 30.5 Å². The zero-order valence-corrected chi connectivity index (χ0v) is 12.3. The fourth-order valence-corrected chi connectivity index (χ4v) is 1.86. The van der Waals surface area contributed by atoms with E-state index >= 15 is 0 Å². The van der Waals surface area contributed by atoms with Crippen molar-refractivity contribution in [3.8, 4) is 0 Å². The Morgan fingerprint density at radius 2 is 1.91 bits per heavy atom. The third kappa shape index (κ3) is 5.13. The van der Waals surface area contributed by atoms with Crippen molar-refractivity contribution in [1.29, 1.82) is 0 Å². The zero-order chi connectivity index (χ0) is 16.8. The first-order valence-corrected chi connectivity index (χ1v) is 6.84. The molecule has 1 N–H and O–H groups in total. The Bertz CT molecular complexity index is 683. The Hall–Kier alpha value is -2.84. The van der Waals surface area contributed by atoms with Crippen molar-refractivity contribution in [3.05, 3.63) is 34.3 Å². The minimum atomic E-state index is -0.883. The van der Waals surface area contributed by atoms with Crippen molar-refractivity contribution < 1.29 is 32.7 Å². The highest BCUT2D eigenvalue weighted by atomic mass is 16.6. The maximum atomic E-state index is 11.4. The molecule has 1 amide bonds. The lowest BCUT2D eigenvalue weighted by Crippen LogP contribution is -2.30. The van der Waals surface area contributed by atoms with E-state index in [0.717, 1.165) is 12.2 Å². The molecule has 0 saturated carbocycles. The summed E-state index contributed by atoms with van der Waals surface area (Å²) < 4.78 is 18.9. The van der Waals surface area contributed by atoms with Crippen molar-refractivity contribution in [1.82, 2.24) is 5.32 Å². The van der Waals surface area contributed by atoms with Gasteiger partial charge in [0.25, 0.3) is 0 Å². The van der Waals surface area contributed by atoms with Gasteiger partial charge in [-0.15, -0.1) is 0 Å². The van der Waals surface area contributed by atoms with Gasteiger partial charge in [0.1, 0.15) is 6.61 Å². The lowest BCUT2D eigenvalue weighted by molar-refractivity contribution is -0.141. The summed E-state index contributed by atoms with van der Waals surface area (Å²) in [6.07, 6.45) is 2.82. The number of nitrogens with one attached hydrogen (secondary N) is 1. The van der Waals surface area contributed by atoms with Gasteiger partial charge in [-0.25, -0.2) is 14.4 Å². The number of carbonyl (C=O) groups excluding carboxylic acids is 3. The van der Waals surface area contributed by atoms with Crippen LogP contribution < -0.4 is 11.1 Å². The van der Waals surface area contributed by atoms with E-state index in [1.54, 1.807) is 0 Å². The van der Waals surface area contributed by atoms with Crippen LogP contribution in [0.5, 0.6) is 0 Å². The topological polar surface area (TPSA) is 125 Å². The standard InChI is InChI=1S/C14H15NO8/c1-8-10(23-14(19)22-8)7-21-13(18)5-4-12(17)20-6-9-2-3-11(16)15-9/h4-5,9H,2-3,6-7H2,1H3,(H,15,16)/b5-4+. The summed E-state index contributed by atoms with van der Waals surface area (Å²) >= 11 is 0. The Kier molecular flexibility index (Phi) is 5.34. The second-order valence-corrected chi connectivity index (χ2v) is 4.81. The number of rotatable bonds is 6. The number of aryl methyl sites for hydroxylation is 1. The number of ether oxygens (including phenoxy) is 2. The molecule has 1 unspecified atom stereocenters. The summed E-state index contributed by atoms with van der Waals surface area (Å²) in [5.74, 6) is -2.19. The van der Waals surface area contributed by atoms with E-state index in [1.165, 1.54) is 6.92 Å². The van der Waals surface area contributed by atoms with Crippen molar-refractivity contribution in [2.24, 2.45) is 0 Å². The molecule has 1 aromatic heterocycles. The third-order valence-corrected chi connectivity index (χ3v) is 3.05. The van der Waals surface area contributed by atoms with Crippen LogP contribution in [0.3, 0.4) is 0 Å². The van der Waals surface area contributed by atoms with Crippen molar-refractivity contribution in [2.45, 2.75) is 32.4 Å². The molecule has 0 aliphatic carbocycles. The molecule has 0 aromatic carbocycles. The first-order chi connectivity index (χ1) is 10.9. The first kappa shape index (κ1) is 16.5. The molecular weight excluding hydrogens is 310 g/mol. The lowest BCUT2D eigenvalue weighted by Gasteiger charge is -2.08. The van der Waals surface area contributed by atoms with E-state index < -0.39 is 17.8 Å². The SMILES string of the molecule is Cc1oc(=O)oc1COC(=O)/C=C/C(=O)OCC1CCC(=O)N1. The average Bonchev–Trinajstić information content (AvgIpc) is 3.06. The van der Waals surface area contributed by atoms with E-state index in [2.05, 4.69) is 14.2 Å². The summed E-state index contributed by atoms with van der Waals surface area (Å²) in [6.45, 7) is 1.25. The van der Waals surface area contributed by atoms with Crippen LogP contribution in [0.2, 0.25) is 0 Å². The van der Waals surface area contributed by atoms with E-state index in [-0.39, 0.29) is 36.7 Å². The average molecular weight is 325 g/mol. The fraction of sp³-hybridized carbons (Fsp3) is 0.429. The maximum absolute atomic E-state index is 11.4. The molecule has 1 aromatic rings. The van der Waals surface area contributed by atoms with E-state index in [9.17, 15) is 19.2 Å². The summed E-state index contributed by atoms with van der Waals surface area (Å²) in [5.41, 5.74) is 0. The summed E-state index contributed by atoms with van der Waals surface area (Å²) in [4.78, 5) is 44.6. The van der Waals surface area contributed by atoms with Crippen LogP contribution in [0.4, 0.5) is 0 Å². The Labute approximate surface area is 130 Å². The van der Waals surface area contributed by atoms with Crippen LogP contribution in [0, 0.1) is 6.92 Å². The van der Waals surface area contributed by atoms with E-state index in [0.29, 0.717) is 12.8 Å². The predicted octanol–water partition coefficient (Wildman–Crippen LogP) is -0.0376. The molecule has 9 nitrogen and oxygen atoms in total. The van der Waals surface area contributed by atoms with Gasteiger partial charge in [0, 0.05) is 18.6 Å². The van der Waals surface area contributed by atoms with Gasteiger partial charge in [0.05, 0.1) is 6.04 Å². The molecule has 1 fully saturated rings. The molecule has 1 atom stereocenters. The van der Waals surface area contributed by atoms with Crippen molar-refractivity contribution in [2.75, 3.05) is 6.61 Å². The quantitative estimate of drug-likeness (QED) is 0.570. The lowest BCUT2D eigenvalue weighted by atomic mass is 10.2. The van der Waals surface area contributed by atoms with Crippen LogP contribution >= 0.6 is 0 Å². The molecule has 0 radical (unpaired) electrons. The van der Waals surface area contributed by atoms with Crippen molar-refractivity contribution >= 4 is 17.8 Å². The minimum Gasteiger partial charge on any atom is -0.460 e. The molecule has 124 valence electrons. The van der Waals surface area contributed by atoms with Crippen LogP contribution in [0.1, 0.15) is 24.4 Å². The van der Waals surface area contributed by atoms with Gasteiger partial charge >= 0.3 is 17.8 Å². The monoisotopic (exact) mass is 325 g/mol. The van der Waals surface area contributed by atoms with E-state index in [1.807, 2.05) is 0 Å². The number of amides is 1. The van der Waals surface area contributed by atoms with Gasteiger partial charge in [-0.05, 0) is 13.3 Å². The number of esters is 2. The minimum absolute atomic E-state index is 0.0450. The van der Waals surface area contributed by atoms with Gasteiger partial charge < -0.3 is 23.6 Å². The molecule has 2 rings (SSSR count). The summed E-state index contributed by atoms with van der Waals surface area (Å²) in [6, 6.07) is -0.196. The highest BCUT2D eigenvalue weighted by Crippen LogP contribution is 2.07. The molecule has 2 heterocycles. The molecular formula is C14H15NO8. The number of hydrogen-bond acceptors (Lipinski definition) is 8. The van der Waals surface area contributed by atoms with Crippen LogP contribution in [-0.2, 0) is 30.5 Å². The summed E-state index contributed by atoms with van der Waals surface area (Å²) in [5, 5.41) is 2.64. The summed E-state index contributed by atoms with van der Waals surface area (Å²) in [7, 11) is 0. The van der Waals surface area contributed by atoms with Gasteiger partial charge in [-0.2, -0.15) is 0 Å². The normalized spacial score (nSPS) is 17.3. The number of carbonyl (C=O) groups is 3. The van der Waals surface area contributed by atoms with Gasteiger partial charge in [-0.1, -0.05) is 0 Å². The molecule has 1 saturated heterocycles. The third-order valence-electron chi connectivity index (χ3n) is 3.05. The molecule has 0 spiro atoms. The van der Waals surface area contributed by atoms with Gasteiger partial charge in [0.15, 0.2) is 18.1 Å². The predicted molar refractivity (Wildman–Crippen MR) is 73.0 cm³/mol. The van der Waals surface area contributed by atoms with Crippen LogP contribution in [0.15, 0.2) is 25.8 Å². The molecule has 0 bridgehead atoms. The van der Waals surface area contributed by atoms with Gasteiger partial charge in [-0.3, -0.25) is 4.79 Å². The molecule has 23 heavy (non-hydrogen) atoms. The highest BCUT2D eigenvalue weighted by Gasteiger charge is 2.21. The van der Waals surface area contributed by atoms with Gasteiger partial charge in [0.2, 0.25) is 5.91 Å². The van der Waals surface area contributed by atoms with E-state index in [4.69, 9.17) is 9.47 Å².